The molecule has 114 valence electrons. The van der Waals surface area contributed by atoms with Gasteiger partial charge in [-0.3, -0.25) is 0 Å². The Labute approximate surface area is 133 Å². The molecule has 0 aliphatic rings. The van der Waals surface area contributed by atoms with Gasteiger partial charge in [-0.1, -0.05) is 38.5 Å². The van der Waals surface area contributed by atoms with Crippen LogP contribution in [-0.4, -0.2) is 6.54 Å². The minimum absolute atomic E-state index is 0.513. The fraction of sp³-hybridized carbons (Fsp3) is 0.474. The Morgan fingerprint density at radius 2 is 1.86 bits per heavy atom. The normalized spacial score (nSPS) is 12.6. The number of benzene rings is 1. The molecule has 0 radical (unpaired) electrons. The molecular formula is C19H27NS. The third kappa shape index (κ3) is 3.96. The second-order valence-corrected chi connectivity index (χ2v) is 6.86. The van der Waals surface area contributed by atoms with E-state index < -0.39 is 0 Å². The van der Waals surface area contributed by atoms with E-state index >= 15 is 0 Å². The highest BCUT2D eigenvalue weighted by atomic mass is 32.1. The summed E-state index contributed by atoms with van der Waals surface area (Å²) in [6, 6.07) is 11.7. The Morgan fingerprint density at radius 1 is 1.05 bits per heavy atom. The van der Waals surface area contributed by atoms with Gasteiger partial charge in [-0.25, -0.2) is 0 Å². The molecule has 1 aromatic carbocycles. The topological polar surface area (TPSA) is 12.0 Å². The number of rotatable bonds is 7. The van der Waals surface area contributed by atoms with Crippen LogP contribution in [0.3, 0.4) is 0 Å². The van der Waals surface area contributed by atoms with Crippen LogP contribution in [0.25, 0.3) is 10.4 Å². The lowest BCUT2D eigenvalue weighted by atomic mass is 10.0. The molecule has 2 heteroatoms. The van der Waals surface area contributed by atoms with Gasteiger partial charge in [-0.05, 0) is 62.1 Å². The summed E-state index contributed by atoms with van der Waals surface area (Å²) < 4.78 is 0. The number of nitrogens with one attached hydrogen (secondary N) is 1. The Balaban J connectivity index is 2.25. The smallest absolute Gasteiger partial charge is 0.0414 e. The summed E-state index contributed by atoms with van der Waals surface area (Å²) in [4.78, 5) is 2.87. The highest BCUT2D eigenvalue weighted by molar-refractivity contribution is 7.15. The summed E-state index contributed by atoms with van der Waals surface area (Å²) in [7, 11) is 0. The van der Waals surface area contributed by atoms with Gasteiger partial charge in [0, 0.05) is 15.8 Å². The molecule has 1 heterocycles. The number of hydrogen-bond donors (Lipinski definition) is 1. The van der Waals surface area contributed by atoms with E-state index in [4.69, 9.17) is 0 Å². The van der Waals surface area contributed by atoms with Crippen molar-refractivity contribution in [3.8, 4) is 10.4 Å². The van der Waals surface area contributed by atoms with Crippen molar-refractivity contribution in [3.05, 3.63) is 46.3 Å². The van der Waals surface area contributed by atoms with Crippen LogP contribution in [0.2, 0.25) is 0 Å². The van der Waals surface area contributed by atoms with Crippen molar-refractivity contribution in [3.63, 3.8) is 0 Å². The first-order valence-corrected chi connectivity index (χ1v) is 8.88. The summed E-state index contributed by atoms with van der Waals surface area (Å²) in [5.41, 5.74) is 4.16. The first kappa shape index (κ1) is 16.3. The van der Waals surface area contributed by atoms with E-state index in [1.54, 1.807) is 0 Å². The molecule has 1 unspecified atom stereocenters. The van der Waals surface area contributed by atoms with Gasteiger partial charge in [0.25, 0.3) is 0 Å². The first-order chi connectivity index (χ1) is 10.2. The van der Waals surface area contributed by atoms with Crippen LogP contribution in [0.15, 0.2) is 30.3 Å². The van der Waals surface area contributed by atoms with Crippen LogP contribution in [-0.2, 0) is 0 Å². The first-order valence-electron chi connectivity index (χ1n) is 8.07. The lowest BCUT2D eigenvalue weighted by Crippen LogP contribution is -2.21. The van der Waals surface area contributed by atoms with E-state index in [0.29, 0.717) is 6.04 Å². The third-order valence-electron chi connectivity index (χ3n) is 4.06. The Hall–Kier alpha value is -1.12. The summed E-state index contributed by atoms with van der Waals surface area (Å²) in [6.07, 6.45) is 3.63. The second-order valence-electron chi connectivity index (χ2n) is 5.74. The maximum absolute atomic E-state index is 3.69. The van der Waals surface area contributed by atoms with Crippen LogP contribution in [0.5, 0.6) is 0 Å². The molecule has 21 heavy (non-hydrogen) atoms. The lowest BCUT2D eigenvalue weighted by molar-refractivity contribution is 0.501. The molecule has 1 N–H and O–H groups in total. The average Bonchev–Trinajstić information content (AvgIpc) is 2.96. The summed E-state index contributed by atoms with van der Waals surface area (Å²) in [5, 5.41) is 3.69. The maximum Gasteiger partial charge on any atom is 0.0414 e. The van der Waals surface area contributed by atoms with E-state index in [0.717, 1.165) is 6.54 Å². The van der Waals surface area contributed by atoms with Crippen molar-refractivity contribution in [2.24, 2.45) is 0 Å². The second kappa shape index (κ2) is 7.77. The van der Waals surface area contributed by atoms with Crippen molar-refractivity contribution in [1.82, 2.24) is 5.32 Å². The highest BCUT2D eigenvalue weighted by Gasteiger charge is 2.14. The quantitative estimate of drug-likeness (QED) is 0.674. The van der Waals surface area contributed by atoms with Gasteiger partial charge in [-0.15, -0.1) is 11.3 Å². The van der Waals surface area contributed by atoms with Crippen LogP contribution in [0, 0.1) is 13.8 Å². The monoisotopic (exact) mass is 301 g/mol. The molecule has 0 aliphatic heterocycles. The van der Waals surface area contributed by atoms with Gasteiger partial charge in [-0.2, -0.15) is 0 Å². The van der Waals surface area contributed by atoms with E-state index in [1.165, 1.54) is 45.7 Å². The average molecular weight is 301 g/mol. The fourth-order valence-electron chi connectivity index (χ4n) is 2.66. The van der Waals surface area contributed by atoms with Crippen molar-refractivity contribution in [2.45, 2.75) is 53.0 Å². The van der Waals surface area contributed by atoms with Gasteiger partial charge in [0.2, 0.25) is 0 Å². The maximum atomic E-state index is 3.69. The van der Waals surface area contributed by atoms with Gasteiger partial charge in [0.1, 0.15) is 0 Å². The van der Waals surface area contributed by atoms with Gasteiger partial charge in [0.15, 0.2) is 0 Å². The van der Waals surface area contributed by atoms with Crippen molar-refractivity contribution in [2.75, 3.05) is 6.54 Å². The van der Waals surface area contributed by atoms with Gasteiger partial charge >= 0.3 is 0 Å². The van der Waals surface area contributed by atoms with Crippen molar-refractivity contribution >= 4 is 11.3 Å². The molecule has 2 rings (SSSR count). The zero-order chi connectivity index (χ0) is 15.2. The summed E-state index contributed by atoms with van der Waals surface area (Å²) in [6.45, 7) is 10.0. The molecule has 0 amide bonds. The molecule has 1 nitrogen and oxygen atoms in total. The van der Waals surface area contributed by atoms with Gasteiger partial charge < -0.3 is 5.32 Å². The predicted molar refractivity (Wildman–Crippen MR) is 95.2 cm³/mol. The number of hydrogen-bond acceptors (Lipinski definition) is 2. The van der Waals surface area contributed by atoms with E-state index in [9.17, 15) is 0 Å². The standard InChI is InChI=1S/C19H27NS/c1-5-8-17(20-13-6-2)19-12-11-18(21-19)16-10-7-9-14(3)15(16)4/h7,9-12,17,20H,5-6,8,13H2,1-4H3. The molecule has 0 saturated heterocycles. The Kier molecular flexibility index (Phi) is 6.01. The zero-order valence-electron chi connectivity index (χ0n) is 13.7. The van der Waals surface area contributed by atoms with Crippen LogP contribution in [0.4, 0.5) is 0 Å². The third-order valence-corrected chi connectivity index (χ3v) is 5.29. The van der Waals surface area contributed by atoms with Crippen molar-refractivity contribution in [1.29, 1.82) is 0 Å². The summed E-state index contributed by atoms with van der Waals surface area (Å²) in [5.74, 6) is 0. The van der Waals surface area contributed by atoms with E-state index in [-0.39, 0.29) is 0 Å². The fourth-order valence-corrected chi connectivity index (χ4v) is 3.86. The molecule has 0 bridgehead atoms. The van der Waals surface area contributed by atoms with Crippen LogP contribution >= 0.6 is 11.3 Å². The molecule has 1 aromatic heterocycles. The minimum Gasteiger partial charge on any atom is -0.309 e. The molecular weight excluding hydrogens is 274 g/mol. The molecule has 1 atom stereocenters. The molecule has 2 aromatic rings. The molecule has 0 fully saturated rings. The van der Waals surface area contributed by atoms with Crippen LogP contribution in [0.1, 0.15) is 55.2 Å². The van der Waals surface area contributed by atoms with Gasteiger partial charge in [0.05, 0.1) is 0 Å². The van der Waals surface area contributed by atoms with Crippen molar-refractivity contribution < 1.29 is 0 Å². The Morgan fingerprint density at radius 3 is 2.57 bits per heavy atom. The van der Waals surface area contributed by atoms with E-state index in [1.807, 2.05) is 11.3 Å². The zero-order valence-corrected chi connectivity index (χ0v) is 14.5. The number of thiophene rings is 1. The highest BCUT2D eigenvalue weighted by Crippen LogP contribution is 2.35. The minimum atomic E-state index is 0.513. The summed E-state index contributed by atoms with van der Waals surface area (Å²) >= 11 is 1.94. The SMILES string of the molecule is CCCNC(CCC)c1ccc(-c2cccc(C)c2C)s1. The predicted octanol–water partition coefficient (Wildman–Crippen LogP) is 5.87. The molecule has 0 spiro atoms. The molecule has 0 aliphatic carbocycles. The largest absolute Gasteiger partial charge is 0.309 e. The van der Waals surface area contributed by atoms with Crippen LogP contribution < -0.4 is 5.32 Å². The lowest BCUT2D eigenvalue weighted by Gasteiger charge is -2.16. The Bertz CT molecular complexity index is 571. The van der Waals surface area contributed by atoms with E-state index in [2.05, 4.69) is 63.3 Å². The number of aryl methyl sites for hydroxylation is 1. The molecule has 0 saturated carbocycles.